The molecule has 0 spiro atoms. The second-order valence-electron chi connectivity index (χ2n) is 5.51. The first-order chi connectivity index (χ1) is 11.5. The lowest BCUT2D eigenvalue weighted by Gasteiger charge is -2.33. The number of hydrogen-bond acceptors (Lipinski definition) is 5. The summed E-state index contributed by atoms with van der Waals surface area (Å²) >= 11 is 0. The molecule has 1 saturated heterocycles. The number of methoxy groups -OCH3 is 1. The number of imide groups is 1. The first-order valence-corrected chi connectivity index (χ1v) is 7.70. The molecule has 1 heterocycles. The smallest absolute Gasteiger partial charge is 0.325 e. The molecule has 1 fully saturated rings. The Morgan fingerprint density at radius 2 is 1.71 bits per heavy atom. The fourth-order valence-corrected chi connectivity index (χ4v) is 2.43. The molecule has 24 heavy (non-hydrogen) atoms. The van der Waals surface area contributed by atoms with Gasteiger partial charge in [-0.05, 0) is 24.3 Å². The van der Waals surface area contributed by atoms with Crippen LogP contribution in [0.2, 0.25) is 0 Å². The van der Waals surface area contributed by atoms with Gasteiger partial charge in [0.05, 0.1) is 13.7 Å². The lowest BCUT2D eigenvalue weighted by atomic mass is 10.3. The van der Waals surface area contributed by atoms with Gasteiger partial charge in [-0.3, -0.25) is 19.8 Å². The number of nitrogens with zero attached hydrogens (tertiary/aromatic N) is 2. The van der Waals surface area contributed by atoms with E-state index in [1.807, 2.05) is 4.90 Å². The van der Waals surface area contributed by atoms with E-state index in [0.29, 0.717) is 37.6 Å². The van der Waals surface area contributed by atoms with Crippen LogP contribution in [-0.2, 0) is 9.59 Å². The summed E-state index contributed by atoms with van der Waals surface area (Å²) in [6.45, 7) is 4.09. The Labute approximate surface area is 140 Å². The summed E-state index contributed by atoms with van der Waals surface area (Å²) in [5.41, 5.74) is 0.566. The quantitative estimate of drug-likeness (QED) is 0.837. The summed E-state index contributed by atoms with van der Waals surface area (Å²) < 4.78 is 5.03. The molecule has 0 saturated carbocycles. The molecule has 8 heteroatoms. The number of ether oxygens (including phenoxy) is 1. The van der Waals surface area contributed by atoms with E-state index in [4.69, 9.17) is 4.74 Å². The van der Waals surface area contributed by atoms with Crippen molar-refractivity contribution in [1.29, 1.82) is 0 Å². The van der Waals surface area contributed by atoms with E-state index >= 15 is 0 Å². The van der Waals surface area contributed by atoms with E-state index in [9.17, 15) is 14.4 Å². The number of benzene rings is 1. The number of carbonyl (C=O) groups excluding carboxylic acids is 3. The Bertz CT molecular complexity index is 595. The van der Waals surface area contributed by atoms with Crippen LogP contribution < -0.4 is 15.4 Å². The standard InChI is InChI=1S/C16H22N4O4/c1-12(21)20-9-7-19(8-10-20)11-15(22)18-16(23)17-13-3-5-14(24-2)6-4-13/h3-6H,7-11H2,1-2H3,(H2,17,18,22,23). The van der Waals surface area contributed by atoms with Crippen LogP contribution in [0.15, 0.2) is 24.3 Å². The molecular weight excluding hydrogens is 312 g/mol. The van der Waals surface area contributed by atoms with Crippen LogP contribution in [0.3, 0.4) is 0 Å². The first kappa shape index (κ1) is 17.7. The molecule has 130 valence electrons. The highest BCUT2D eigenvalue weighted by Crippen LogP contribution is 2.14. The van der Waals surface area contributed by atoms with Crippen LogP contribution in [0.25, 0.3) is 0 Å². The summed E-state index contributed by atoms with van der Waals surface area (Å²) in [5, 5.41) is 4.88. The Morgan fingerprint density at radius 3 is 2.25 bits per heavy atom. The Kier molecular flexibility index (Phi) is 6.14. The highest BCUT2D eigenvalue weighted by Gasteiger charge is 2.20. The zero-order valence-electron chi connectivity index (χ0n) is 13.9. The monoisotopic (exact) mass is 334 g/mol. The van der Waals surface area contributed by atoms with Crippen LogP contribution in [0.5, 0.6) is 5.75 Å². The summed E-state index contributed by atoms with van der Waals surface area (Å²) in [6, 6.07) is 6.22. The summed E-state index contributed by atoms with van der Waals surface area (Å²) in [6.07, 6.45) is 0. The van der Waals surface area contributed by atoms with E-state index in [1.165, 1.54) is 6.92 Å². The molecule has 2 rings (SSSR count). The van der Waals surface area contributed by atoms with Gasteiger partial charge in [0.15, 0.2) is 0 Å². The normalized spacial score (nSPS) is 14.8. The Balaban J connectivity index is 1.73. The van der Waals surface area contributed by atoms with Gasteiger partial charge >= 0.3 is 6.03 Å². The number of hydrogen-bond donors (Lipinski definition) is 2. The minimum absolute atomic E-state index is 0.0398. The van der Waals surface area contributed by atoms with Crippen molar-refractivity contribution in [2.45, 2.75) is 6.92 Å². The van der Waals surface area contributed by atoms with Crippen molar-refractivity contribution in [3.63, 3.8) is 0 Å². The molecule has 0 unspecified atom stereocenters. The third-order valence-corrected chi connectivity index (χ3v) is 3.79. The van der Waals surface area contributed by atoms with E-state index < -0.39 is 6.03 Å². The maximum atomic E-state index is 11.9. The topological polar surface area (TPSA) is 91.0 Å². The van der Waals surface area contributed by atoms with Gasteiger partial charge in [-0.2, -0.15) is 0 Å². The zero-order valence-corrected chi connectivity index (χ0v) is 13.9. The molecule has 1 aromatic carbocycles. The fraction of sp³-hybridized carbons (Fsp3) is 0.438. The van der Waals surface area contributed by atoms with Crippen molar-refractivity contribution in [2.24, 2.45) is 0 Å². The molecule has 2 N–H and O–H groups in total. The van der Waals surface area contributed by atoms with Crippen LogP contribution in [0, 0.1) is 0 Å². The van der Waals surface area contributed by atoms with Crippen molar-refractivity contribution in [1.82, 2.24) is 15.1 Å². The average molecular weight is 334 g/mol. The highest BCUT2D eigenvalue weighted by atomic mass is 16.5. The summed E-state index contributed by atoms with van der Waals surface area (Å²) in [4.78, 5) is 38.6. The largest absolute Gasteiger partial charge is 0.497 e. The van der Waals surface area contributed by atoms with Gasteiger partial charge < -0.3 is 15.0 Å². The lowest BCUT2D eigenvalue weighted by molar-refractivity contribution is -0.130. The SMILES string of the molecule is COc1ccc(NC(=O)NC(=O)CN2CCN(C(C)=O)CC2)cc1. The summed E-state index contributed by atoms with van der Waals surface area (Å²) in [7, 11) is 1.56. The molecule has 0 aromatic heterocycles. The number of urea groups is 1. The van der Waals surface area contributed by atoms with Crippen molar-refractivity contribution < 1.29 is 19.1 Å². The molecule has 1 aromatic rings. The van der Waals surface area contributed by atoms with Gasteiger partial charge in [-0.1, -0.05) is 0 Å². The Hall–Kier alpha value is -2.61. The van der Waals surface area contributed by atoms with E-state index in [1.54, 1.807) is 36.3 Å². The van der Waals surface area contributed by atoms with Gasteiger partial charge in [0, 0.05) is 38.8 Å². The van der Waals surface area contributed by atoms with Gasteiger partial charge in [0.2, 0.25) is 11.8 Å². The number of amides is 4. The fourth-order valence-electron chi connectivity index (χ4n) is 2.43. The zero-order chi connectivity index (χ0) is 17.5. The average Bonchev–Trinajstić information content (AvgIpc) is 2.55. The number of carbonyl (C=O) groups is 3. The molecule has 0 atom stereocenters. The van der Waals surface area contributed by atoms with Gasteiger partial charge in [0.1, 0.15) is 5.75 Å². The lowest BCUT2D eigenvalue weighted by Crippen LogP contribution is -2.51. The van der Waals surface area contributed by atoms with E-state index in [2.05, 4.69) is 10.6 Å². The van der Waals surface area contributed by atoms with Crippen molar-refractivity contribution in [2.75, 3.05) is 45.2 Å². The van der Waals surface area contributed by atoms with E-state index in [-0.39, 0.29) is 18.4 Å². The number of nitrogens with one attached hydrogen (secondary N) is 2. The molecule has 0 radical (unpaired) electrons. The Morgan fingerprint density at radius 1 is 1.08 bits per heavy atom. The van der Waals surface area contributed by atoms with Crippen LogP contribution in [-0.4, -0.2) is 67.5 Å². The third-order valence-electron chi connectivity index (χ3n) is 3.79. The third kappa shape index (κ3) is 5.24. The number of rotatable bonds is 4. The molecule has 1 aliphatic heterocycles. The molecule has 0 aliphatic carbocycles. The maximum Gasteiger partial charge on any atom is 0.325 e. The minimum atomic E-state index is -0.576. The molecule has 8 nitrogen and oxygen atoms in total. The maximum absolute atomic E-state index is 11.9. The predicted molar refractivity (Wildman–Crippen MR) is 88.8 cm³/mol. The molecule has 4 amide bonds. The van der Waals surface area contributed by atoms with Crippen molar-refractivity contribution in [3.8, 4) is 5.75 Å². The van der Waals surface area contributed by atoms with Gasteiger partial charge in [0.25, 0.3) is 0 Å². The van der Waals surface area contributed by atoms with Crippen molar-refractivity contribution >= 4 is 23.5 Å². The van der Waals surface area contributed by atoms with Gasteiger partial charge in [-0.25, -0.2) is 4.79 Å². The minimum Gasteiger partial charge on any atom is -0.497 e. The molecular formula is C16H22N4O4. The predicted octanol–water partition coefficient (Wildman–Crippen LogP) is 0.507. The second kappa shape index (κ2) is 8.30. The second-order valence-corrected chi connectivity index (χ2v) is 5.51. The molecule has 1 aliphatic rings. The molecule has 0 bridgehead atoms. The number of piperazine rings is 1. The summed E-state index contributed by atoms with van der Waals surface area (Å²) in [5.74, 6) is 0.344. The highest BCUT2D eigenvalue weighted by molar-refractivity contribution is 6.01. The van der Waals surface area contributed by atoms with E-state index in [0.717, 1.165) is 0 Å². The van der Waals surface area contributed by atoms with Crippen LogP contribution >= 0.6 is 0 Å². The van der Waals surface area contributed by atoms with Crippen LogP contribution in [0.4, 0.5) is 10.5 Å². The number of anilines is 1. The van der Waals surface area contributed by atoms with Crippen molar-refractivity contribution in [3.05, 3.63) is 24.3 Å². The van der Waals surface area contributed by atoms with Gasteiger partial charge in [-0.15, -0.1) is 0 Å². The first-order valence-electron chi connectivity index (χ1n) is 7.70. The van der Waals surface area contributed by atoms with Crippen LogP contribution in [0.1, 0.15) is 6.92 Å².